The third kappa shape index (κ3) is 2.78. The predicted molar refractivity (Wildman–Crippen MR) is 67.6 cm³/mol. The van der Waals surface area contributed by atoms with Crippen molar-refractivity contribution in [3.8, 4) is 6.07 Å². The Morgan fingerprint density at radius 1 is 1.28 bits per heavy atom. The van der Waals surface area contributed by atoms with Gasteiger partial charge in [-0.25, -0.2) is 13.4 Å². The number of anilines is 1. The van der Waals surface area contributed by atoms with Crippen molar-refractivity contribution in [1.29, 1.82) is 5.26 Å². The first-order valence-electron chi connectivity index (χ1n) is 5.57. The van der Waals surface area contributed by atoms with Crippen LogP contribution in [-0.2, 0) is 10.0 Å². The van der Waals surface area contributed by atoms with E-state index >= 15 is 0 Å². The van der Waals surface area contributed by atoms with Crippen molar-refractivity contribution in [1.82, 2.24) is 9.29 Å². The summed E-state index contributed by atoms with van der Waals surface area (Å²) in [5.41, 5.74) is 1.30. The smallest absolute Gasteiger partial charge is 0.211 e. The second-order valence-corrected chi connectivity index (χ2v) is 6.14. The van der Waals surface area contributed by atoms with Gasteiger partial charge in [0.25, 0.3) is 0 Å². The van der Waals surface area contributed by atoms with Crippen LogP contribution in [0.4, 0.5) is 5.69 Å². The zero-order valence-corrected chi connectivity index (χ0v) is 10.9. The number of piperazine rings is 1. The van der Waals surface area contributed by atoms with Crippen molar-refractivity contribution >= 4 is 15.7 Å². The SMILES string of the molecule is CS(=O)(=O)N1CCN(c2ccc(C#N)nc2)CC1. The summed E-state index contributed by atoms with van der Waals surface area (Å²) in [6, 6.07) is 5.47. The molecule has 1 aliphatic heterocycles. The fraction of sp³-hybridized carbons (Fsp3) is 0.455. The minimum absolute atomic E-state index is 0.383. The lowest BCUT2D eigenvalue weighted by molar-refractivity contribution is 0.388. The molecule has 0 amide bonds. The summed E-state index contributed by atoms with van der Waals surface area (Å²) in [6.45, 7) is 2.25. The van der Waals surface area contributed by atoms with Gasteiger partial charge in [-0.3, -0.25) is 0 Å². The van der Waals surface area contributed by atoms with Gasteiger partial charge in [-0.05, 0) is 12.1 Å². The van der Waals surface area contributed by atoms with Crippen molar-refractivity contribution in [2.45, 2.75) is 0 Å². The van der Waals surface area contributed by atoms with E-state index in [-0.39, 0.29) is 0 Å². The summed E-state index contributed by atoms with van der Waals surface area (Å²) in [6.07, 6.45) is 2.88. The number of hydrogen-bond acceptors (Lipinski definition) is 5. The van der Waals surface area contributed by atoms with Crippen LogP contribution >= 0.6 is 0 Å². The fourth-order valence-electron chi connectivity index (χ4n) is 1.92. The Hall–Kier alpha value is -1.65. The molecule has 2 rings (SSSR count). The Balaban J connectivity index is 2.03. The first kappa shape index (κ1) is 12.8. The van der Waals surface area contributed by atoms with Crippen LogP contribution in [0.25, 0.3) is 0 Å². The highest BCUT2D eigenvalue weighted by molar-refractivity contribution is 7.88. The molecule has 1 saturated heterocycles. The highest BCUT2D eigenvalue weighted by atomic mass is 32.2. The molecule has 18 heavy (non-hydrogen) atoms. The Morgan fingerprint density at radius 3 is 2.39 bits per heavy atom. The van der Waals surface area contributed by atoms with E-state index in [1.165, 1.54) is 10.6 Å². The first-order valence-corrected chi connectivity index (χ1v) is 7.42. The molecule has 6 nitrogen and oxygen atoms in total. The number of hydrogen-bond donors (Lipinski definition) is 0. The molecule has 0 atom stereocenters. The van der Waals surface area contributed by atoms with Crippen molar-refractivity contribution in [2.75, 3.05) is 37.3 Å². The first-order chi connectivity index (χ1) is 8.50. The van der Waals surface area contributed by atoms with E-state index in [0.29, 0.717) is 31.9 Å². The van der Waals surface area contributed by atoms with Crippen LogP contribution in [0.2, 0.25) is 0 Å². The molecule has 2 heterocycles. The molecular formula is C11H14N4O2S. The minimum Gasteiger partial charge on any atom is -0.368 e. The second-order valence-electron chi connectivity index (χ2n) is 4.16. The van der Waals surface area contributed by atoms with E-state index in [9.17, 15) is 8.42 Å². The Bertz CT molecular complexity index is 554. The van der Waals surface area contributed by atoms with Gasteiger partial charge in [0.1, 0.15) is 11.8 Å². The molecule has 0 unspecified atom stereocenters. The van der Waals surface area contributed by atoms with Crippen LogP contribution in [0.3, 0.4) is 0 Å². The zero-order chi connectivity index (χ0) is 13.2. The van der Waals surface area contributed by atoms with Gasteiger partial charge in [-0.15, -0.1) is 0 Å². The molecule has 0 saturated carbocycles. The van der Waals surface area contributed by atoms with E-state index in [1.807, 2.05) is 12.1 Å². The van der Waals surface area contributed by atoms with Gasteiger partial charge in [-0.2, -0.15) is 9.57 Å². The third-order valence-electron chi connectivity index (χ3n) is 2.94. The standard InChI is InChI=1S/C11H14N4O2S/c1-18(16,17)15-6-4-14(5-7-15)11-3-2-10(8-12)13-9-11/h2-3,9H,4-7H2,1H3. The quantitative estimate of drug-likeness (QED) is 0.755. The van der Waals surface area contributed by atoms with E-state index in [0.717, 1.165) is 5.69 Å². The maximum Gasteiger partial charge on any atom is 0.211 e. The molecule has 0 spiro atoms. The summed E-state index contributed by atoms with van der Waals surface area (Å²) in [4.78, 5) is 6.07. The molecule has 0 aliphatic carbocycles. The molecule has 7 heteroatoms. The van der Waals surface area contributed by atoms with Crippen LogP contribution in [0.15, 0.2) is 18.3 Å². The topological polar surface area (TPSA) is 77.3 Å². The van der Waals surface area contributed by atoms with E-state index < -0.39 is 10.0 Å². The van der Waals surface area contributed by atoms with Gasteiger partial charge in [-0.1, -0.05) is 0 Å². The highest BCUT2D eigenvalue weighted by Crippen LogP contribution is 2.16. The molecule has 1 aliphatic rings. The van der Waals surface area contributed by atoms with Gasteiger partial charge in [0, 0.05) is 26.2 Å². The van der Waals surface area contributed by atoms with E-state index in [2.05, 4.69) is 9.88 Å². The lowest BCUT2D eigenvalue weighted by Gasteiger charge is -2.34. The van der Waals surface area contributed by atoms with Gasteiger partial charge >= 0.3 is 0 Å². The van der Waals surface area contributed by atoms with Crippen LogP contribution in [0, 0.1) is 11.3 Å². The van der Waals surface area contributed by atoms with Gasteiger partial charge in [0.15, 0.2) is 0 Å². The van der Waals surface area contributed by atoms with Gasteiger partial charge in [0.05, 0.1) is 18.1 Å². The molecule has 1 aromatic heterocycles. The van der Waals surface area contributed by atoms with Crippen molar-refractivity contribution < 1.29 is 8.42 Å². The fourth-order valence-corrected chi connectivity index (χ4v) is 2.74. The Kier molecular flexibility index (Phi) is 3.50. The second kappa shape index (κ2) is 4.92. The van der Waals surface area contributed by atoms with Crippen LogP contribution in [-0.4, -0.2) is 50.1 Å². The monoisotopic (exact) mass is 266 g/mol. The number of sulfonamides is 1. The minimum atomic E-state index is -3.09. The van der Waals surface area contributed by atoms with E-state index in [1.54, 1.807) is 12.3 Å². The molecule has 0 bridgehead atoms. The summed E-state index contributed by atoms with van der Waals surface area (Å²) >= 11 is 0. The maximum atomic E-state index is 11.4. The molecule has 96 valence electrons. The number of nitrogens with zero attached hydrogens (tertiary/aromatic N) is 4. The molecule has 1 aromatic rings. The summed E-state index contributed by atoms with van der Waals surface area (Å²) < 4.78 is 24.2. The summed E-state index contributed by atoms with van der Waals surface area (Å²) in [7, 11) is -3.09. The normalized spacial score (nSPS) is 17.4. The molecule has 0 aromatic carbocycles. The lowest BCUT2D eigenvalue weighted by Crippen LogP contribution is -2.48. The van der Waals surface area contributed by atoms with E-state index in [4.69, 9.17) is 5.26 Å². The van der Waals surface area contributed by atoms with Crippen molar-refractivity contribution in [3.63, 3.8) is 0 Å². The van der Waals surface area contributed by atoms with Crippen LogP contribution in [0.1, 0.15) is 5.69 Å². The molecule has 0 N–H and O–H groups in total. The average molecular weight is 266 g/mol. The van der Waals surface area contributed by atoms with Crippen molar-refractivity contribution in [3.05, 3.63) is 24.0 Å². The molecule has 0 radical (unpaired) electrons. The highest BCUT2D eigenvalue weighted by Gasteiger charge is 2.23. The van der Waals surface area contributed by atoms with Crippen molar-refractivity contribution in [2.24, 2.45) is 0 Å². The number of rotatable bonds is 2. The Labute approximate surface area is 107 Å². The van der Waals surface area contributed by atoms with Gasteiger partial charge < -0.3 is 4.90 Å². The van der Waals surface area contributed by atoms with Gasteiger partial charge in [0.2, 0.25) is 10.0 Å². The third-order valence-corrected chi connectivity index (χ3v) is 4.24. The summed E-state index contributed by atoms with van der Waals surface area (Å²) in [5, 5.41) is 8.66. The molecular weight excluding hydrogens is 252 g/mol. The number of aromatic nitrogens is 1. The number of pyridine rings is 1. The summed E-state index contributed by atoms with van der Waals surface area (Å²) in [5.74, 6) is 0. The van der Waals surface area contributed by atoms with Crippen LogP contribution in [0.5, 0.6) is 0 Å². The van der Waals surface area contributed by atoms with Crippen LogP contribution < -0.4 is 4.90 Å². The zero-order valence-electron chi connectivity index (χ0n) is 10.1. The largest absolute Gasteiger partial charge is 0.368 e. The lowest BCUT2D eigenvalue weighted by atomic mass is 10.3. The predicted octanol–water partition coefficient (Wildman–Crippen LogP) is 0.0349. The number of nitriles is 1. The Morgan fingerprint density at radius 2 is 1.94 bits per heavy atom. The molecule has 1 fully saturated rings. The average Bonchev–Trinajstić information content (AvgIpc) is 2.38. The maximum absolute atomic E-state index is 11.4.